The Morgan fingerprint density at radius 3 is 2.61 bits per heavy atom. The smallest absolute Gasteiger partial charge is 0.250 e. The first-order chi connectivity index (χ1) is 15.5. The second kappa shape index (κ2) is 8.09. The number of carbonyl (C=O) groups excluding carboxylic acids is 3. The molecule has 8 heteroatoms. The van der Waals surface area contributed by atoms with Crippen molar-refractivity contribution in [1.82, 2.24) is 10.2 Å². The number of aliphatic hydroxyl groups is 1. The van der Waals surface area contributed by atoms with Crippen molar-refractivity contribution in [1.29, 1.82) is 0 Å². The molecule has 180 valence electrons. The first-order valence-corrected chi connectivity index (χ1v) is 11.8. The number of likely N-dealkylation sites (tertiary alicyclic amines) is 1. The minimum Gasteiger partial charge on any atom is -0.394 e. The van der Waals surface area contributed by atoms with E-state index in [0.717, 1.165) is 11.1 Å². The molecule has 3 aliphatic heterocycles. The van der Waals surface area contributed by atoms with E-state index in [1.165, 1.54) is 4.90 Å². The number of anilines is 1. The van der Waals surface area contributed by atoms with Crippen LogP contribution in [0, 0.1) is 31.6 Å². The fourth-order valence-corrected chi connectivity index (χ4v) is 6.41. The van der Waals surface area contributed by atoms with E-state index in [4.69, 9.17) is 4.74 Å². The third-order valence-corrected chi connectivity index (χ3v) is 8.26. The Morgan fingerprint density at radius 1 is 1.30 bits per heavy atom. The number of aliphatic hydroxyl groups excluding tert-OH is 1. The first kappa shape index (κ1) is 23.7. The lowest BCUT2D eigenvalue weighted by molar-refractivity contribution is -0.149. The number of rotatable bonds is 6. The fourth-order valence-electron chi connectivity index (χ4n) is 6.41. The Bertz CT molecular complexity index is 992. The summed E-state index contributed by atoms with van der Waals surface area (Å²) >= 11 is 0. The van der Waals surface area contributed by atoms with Gasteiger partial charge in [0.2, 0.25) is 17.7 Å². The van der Waals surface area contributed by atoms with Crippen molar-refractivity contribution in [2.24, 2.45) is 17.8 Å². The summed E-state index contributed by atoms with van der Waals surface area (Å²) in [7, 11) is 1.56. The van der Waals surface area contributed by atoms with Gasteiger partial charge in [-0.3, -0.25) is 14.4 Å². The maximum atomic E-state index is 13.9. The molecule has 3 aliphatic rings. The quantitative estimate of drug-likeness (QED) is 0.603. The van der Waals surface area contributed by atoms with Crippen LogP contribution in [-0.2, 0) is 19.1 Å². The number of nitrogens with zero attached hydrogens (tertiary/aromatic N) is 1. The number of carbonyl (C=O) groups is 3. The molecule has 3 fully saturated rings. The van der Waals surface area contributed by atoms with Gasteiger partial charge in [0.15, 0.2) is 0 Å². The zero-order valence-electron chi connectivity index (χ0n) is 20.3. The summed E-state index contributed by atoms with van der Waals surface area (Å²) in [6.07, 6.45) is 0.979. The summed E-state index contributed by atoms with van der Waals surface area (Å²) in [5, 5.41) is 15.8. The summed E-state index contributed by atoms with van der Waals surface area (Å²) in [5.41, 5.74) is 0.636. The average molecular weight is 458 g/mol. The average Bonchev–Trinajstić information content (AvgIpc) is 3.28. The van der Waals surface area contributed by atoms with Gasteiger partial charge in [0.1, 0.15) is 11.6 Å². The van der Waals surface area contributed by atoms with Crippen LogP contribution >= 0.6 is 0 Å². The maximum absolute atomic E-state index is 13.9. The lowest BCUT2D eigenvalue weighted by Crippen LogP contribution is -2.56. The summed E-state index contributed by atoms with van der Waals surface area (Å²) in [5.74, 6) is -2.38. The normalized spacial score (nSPS) is 35.5. The molecule has 8 nitrogen and oxygen atoms in total. The summed E-state index contributed by atoms with van der Waals surface area (Å²) in [6, 6.07) is 4.34. The van der Waals surface area contributed by atoms with E-state index in [2.05, 4.69) is 10.6 Å². The SMILES string of the molecule is CC[C@@H](CO)N1C(=O)[C@@H]2[C@@H](C(=O)NC)[C@]3(C)OC2(CC3C)C1C(=O)Nc1cc(C)ccc1C. The highest BCUT2D eigenvalue weighted by Gasteiger charge is 2.80. The topological polar surface area (TPSA) is 108 Å². The van der Waals surface area contributed by atoms with Crippen LogP contribution in [0.15, 0.2) is 18.2 Å². The van der Waals surface area contributed by atoms with Crippen molar-refractivity contribution in [3.8, 4) is 0 Å². The highest BCUT2D eigenvalue weighted by molar-refractivity contribution is 6.04. The molecule has 3 unspecified atom stereocenters. The molecule has 33 heavy (non-hydrogen) atoms. The van der Waals surface area contributed by atoms with Crippen LogP contribution in [0.5, 0.6) is 0 Å². The second-order valence-corrected chi connectivity index (χ2v) is 10.1. The third-order valence-electron chi connectivity index (χ3n) is 8.26. The van der Waals surface area contributed by atoms with Crippen LogP contribution in [-0.4, -0.2) is 64.7 Å². The Labute approximate surface area is 195 Å². The molecule has 0 aromatic heterocycles. The van der Waals surface area contributed by atoms with Gasteiger partial charge < -0.3 is 25.4 Å². The molecule has 2 bridgehead atoms. The van der Waals surface area contributed by atoms with Crippen molar-refractivity contribution in [3.05, 3.63) is 29.3 Å². The number of nitrogens with one attached hydrogen (secondary N) is 2. The van der Waals surface area contributed by atoms with Gasteiger partial charge in [0.05, 0.1) is 30.1 Å². The van der Waals surface area contributed by atoms with Gasteiger partial charge in [-0.1, -0.05) is 26.0 Å². The van der Waals surface area contributed by atoms with Crippen LogP contribution in [0.4, 0.5) is 5.69 Å². The Balaban J connectivity index is 1.82. The lowest BCUT2D eigenvalue weighted by Gasteiger charge is -2.36. The third kappa shape index (κ3) is 3.21. The van der Waals surface area contributed by atoms with E-state index in [-0.39, 0.29) is 30.2 Å². The standard InChI is InChI=1S/C25H35N3O5/c1-7-16(12-29)28-20(22(31)27-17-10-13(2)8-9-14(17)3)25-11-15(4)24(5,33-25)18(21(30)26-6)19(25)23(28)32/h8-10,15-16,18-20,29H,7,11-12H2,1-6H3,(H,26,30)(H,27,31)/t15?,16-,18-,19-,20?,24+,25?/m0/s1. The van der Waals surface area contributed by atoms with E-state index in [1.807, 2.05) is 52.8 Å². The second-order valence-electron chi connectivity index (χ2n) is 10.1. The maximum Gasteiger partial charge on any atom is 0.250 e. The summed E-state index contributed by atoms with van der Waals surface area (Å²) in [6.45, 7) is 9.36. The van der Waals surface area contributed by atoms with Crippen LogP contribution in [0.25, 0.3) is 0 Å². The molecule has 3 saturated heterocycles. The molecule has 1 aromatic rings. The fraction of sp³-hybridized carbons (Fsp3) is 0.640. The zero-order valence-corrected chi connectivity index (χ0v) is 20.3. The number of aryl methyl sites for hydroxylation is 2. The van der Waals surface area contributed by atoms with Crippen molar-refractivity contribution < 1.29 is 24.2 Å². The molecule has 1 spiro atoms. The Kier molecular flexibility index (Phi) is 5.81. The molecule has 7 atom stereocenters. The van der Waals surface area contributed by atoms with Crippen molar-refractivity contribution in [2.75, 3.05) is 19.0 Å². The van der Waals surface area contributed by atoms with E-state index >= 15 is 0 Å². The molecular formula is C25H35N3O5. The van der Waals surface area contributed by atoms with Gasteiger partial charge in [0, 0.05) is 12.7 Å². The zero-order chi connectivity index (χ0) is 24.3. The van der Waals surface area contributed by atoms with Crippen molar-refractivity contribution in [2.45, 2.75) is 70.7 Å². The number of benzene rings is 1. The Morgan fingerprint density at radius 2 is 2.00 bits per heavy atom. The van der Waals surface area contributed by atoms with Crippen LogP contribution in [0.3, 0.4) is 0 Å². The molecule has 3 heterocycles. The predicted molar refractivity (Wildman–Crippen MR) is 123 cm³/mol. The summed E-state index contributed by atoms with van der Waals surface area (Å²) in [4.78, 5) is 42.3. The van der Waals surface area contributed by atoms with E-state index in [9.17, 15) is 19.5 Å². The molecule has 0 aliphatic carbocycles. The number of amides is 3. The van der Waals surface area contributed by atoms with Crippen molar-refractivity contribution in [3.63, 3.8) is 0 Å². The van der Waals surface area contributed by atoms with E-state index < -0.39 is 35.1 Å². The molecule has 3 N–H and O–H groups in total. The van der Waals surface area contributed by atoms with Gasteiger partial charge >= 0.3 is 0 Å². The highest BCUT2D eigenvalue weighted by Crippen LogP contribution is 2.65. The van der Waals surface area contributed by atoms with Gasteiger partial charge in [-0.2, -0.15) is 0 Å². The van der Waals surface area contributed by atoms with E-state index in [0.29, 0.717) is 18.5 Å². The number of hydrogen-bond acceptors (Lipinski definition) is 5. The van der Waals surface area contributed by atoms with Gasteiger partial charge in [0.25, 0.3) is 0 Å². The lowest BCUT2D eigenvalue weighted by atomic mass is 9.62. The number of hydrogen-bond donors (Lipinski definition) is 3. The molecule has 0 radical (unpaired) electrons. The van der Waals surface area contributed by atoms with Gasteiger partial charge in [-0.15, -0.1) is 0 Å². The monoisotopic (exact) mass is 457 g/mol. The largest absolute Gasteiger partial charge is 0.394 e. The minimum atomic E-state index is -1.12. The van der Waals surface area contributed by atoms with Crippen LogP contribution in [0.1, 0.15) is 44.7 Å². The molecule has 1 aromatic carbocycles. The highest BCUT2D eigenvalue weighted by atomic mass is 16.5. The van der Waals surface area contributed by atoms with Crippen molar-refractivity contribution >= 4 is 23.4 Å². The summed E-state index contributed by atoms with van der Waals surface area (Å²) < 4.78 is 6.62. The molecule has 3 amide bonds. The van der Waals surface area contributed by atoms with E-state index in [1.54, 1.807) is 7.05 Å². The molecular weight excluding hydrogens is 422 g/mol. The number of fused-ring (bicyclic) bond motifs is 1. The molecule has 4 rings (SSSR count). The first-order valence-electron chi connectivity index (χ1n) is 11.8. The predicted octanol–water partition coefficient (Wildman–Crippen LogP) is 1.77. The number of ether oxygens (including phenoxy) is 1. The molecule has 0 saturated carbocycles. The van der Waals surface area contributed by atoms with Gasteiger partial charge in [-0.05, 0) is 56.7 Å². The Hall–Kier alpha value is -2.45. The van der Waals surface area contributed by atoms with Gasteiger partial charge in [-0.25, -0.2) is 0 Å². The van der Waals surface area contributed by atoms with Crippen LogP contribution < -0.4 is 10.6 Å². The minimum absolute atomic E-state index is 0.0194. The van der Waals surface area contributed by atoms with Crippen LogP contribution in [0.2, 0.25) is 0 Å².